The summed E-state index contributed by atoms with van der Waals surface area (Å²) in [4.78, 5) is 36.2. The molecular formula is C23H21F4N5O3. The van der Waals surface area contributed by atoms with Gasteiger partial charge in [-0.15, -0.1) is 0 Å². The van der Waals surface area contributed by atoms with Gasteiger partial charge in [0.2, 0.25) is 5.43 Å². The van der Waals surface area contributed by atoms with Crippen LogP contribution < -0.4 is 15.6 Å². The minimum Gasteiger partial charge on any atom is -0.391 e. The van der Waals surface area contributed by atoms with Crippen LogP contribution in [0.5, 0.6) is 0 Å². The molecule has 2 aliphatic rings. The molecule has 1 atom stereocenters. The smallest absolute Gasteiger partial charge is 0.257 e. The highest BCUT2D eigenvalue weighted by atomic mass is 19.3. The van der Waals surface area contributed by atoms with Crippen LogP contribution >= 0.6 is 0 Å². The Hall–Kier alpha value is -3.54. The van der Waals surface area contributed by atoms with E-state index in [2.05, 4.69) is 15.3 Å². The van der Waals surface area contributed by atoms with Crippen molar-refractivity contribution in [3.8, 4) is 5.82 Å². The van der Waals surface area contributed by atoms with Crippen LogP contribution in [0.15, 0.2) is 35.4 Å². The molecule has 12 heteroatoms. The zero-order valence-corrected chi connectivity index (χ0v) is 18.6. The molecule has 0 aromatic carbocycles. The lowest BCUT2D eigenvalue weighted by molar-refractivity contribution is -0.124. The van der Waals surface area contributed by atoms with E-state index in [4.69, 9.17) is 0 Å². The molecule has 1 amide bonds. The average Bonchev–Trinajstić information content (AvgIpc) is 3.19. The number of carbonyl (C=O) groups excluding carboxylic acids is 1. The van der Waals surface area contributed by atoms with Crippen molar-refractivity contribution in [1.29, 1.82) is 0 Å². The quantitative estimate of drug-likeness (QED) is 0.545. The molecule has 1 aliphatic heterocycles. The topological polar surface area (TPSA) is 100 Å². The van der Waals surface area contributed by atoms with Crippen LogP contribution in [0.2, 0.25) is 0 Å². The third-order valence-electron chi connectivity index (χ3n) is 6.30. The summed E-state index contributed by atoms with van der Waals surface area (Å²) in [6.45, 7) is 2.27. The standard InChI is InChI=1S/C23H21F4N5O3/c1-22(10-23(26,27)11-22)30-21(35)15-9-32(20-16(25)6-12(24)7-28-20)19-14(18(15)34)2-3-17(29-19)31-5-4-13(33)8-31/h2-3,6-7,9,13,33H,4-5,8,10-11H2,1H3,(H,30,35). The first kappa shape index (κ1) is 23.2. The van der Waals surface area contributed by atoms with E-state index in [-0.39, 0.29) is 11.0 Å². The fourth-order valence-corrected chi connectivity index (χ4v) is 4.75. The number of carbonyl (C=O) groups is 1. The number of aliphatic hydroxyl groups excluding tert-OH is 1. The second kappa shape index (κ2) is 8.01. The monoisotopic (exact) mass is 491 g/mol. The number of nitrogens with zero attached hydrogens (tertiary/aromatic N) is 4. The van der Waals surface area contributed by atoms with Gasteiger partial charge in [-0.2, -0.15) is 0 Å². The number of amides is 1. The van der Waals surface area contributed by atoms with E-state index in [1.54, 1.807) is 4.90 Å². The van der Waals surface area contributed by atoms with Crippen molar-refractivity contribution in [1.82, 2.24) is 19.9 Å². The first-order valence-corrected chi connectivity index (χ1v) is 11.0. The number of aliphatic hydroxyl groups is 1. The Labute approximate surface area is 196 Å². The van der Waals surface area contributed by atoms with E-state index in [0.717, 1.165) is 17.0 Å². The predicted octanol–water partition coefficient (Wildman–Crippen LogP) is 2.55. The summed E-state index contributed by atoms with van der Waals surface area (Å²) in [6.07, 6.45) is 0.636. The Morgan fingerprint density at radius 3 is 2.63 bits per heavy atom. The molecule has 0 bridgehead atoms. The number of hydrogen-bond donors (Lipinski definition) is 2. The van der Waals surface area contributed by atoms with Crippen molar-refractivity contribution < 1.29 is 27.5 Å². The van der Waals surface area contributed by atoms with E-state index < -0.39 is 64.8 Å². The van der Waals surface area contributed by atoms with Crippen molar-refractivity contribution in [3.63, 3.8) is 0 Å². The van der Waals surface area contributed by atoms with Crippen LogP contribution in [-0.2, 0) is 0 Å². The largest absolute Gasteiger partial charge is 0.391 e. The molecule has 5 rings (SSSR count). The summed E-state index contributed by atoms with van der Waals surface area (Å²) >= 11 is 0. The molecule has 0 radical (unpaired) electrons. The minimum atomic E-state index is -2.91. The molecule has 1 unspecified atom stereocenters. The molecule has 35 heavy (non-hydrogen) atoms. The highest BCUT2D eigenvalue weighted by Gasteiger charge is 2.54. The highest BCUT2D eigenvalue weighted by Crippen LogP contribution is 2.45. The fraction of sp³-hybridized carbons (Fsp3) is 0.391. The Kier molecular flexibility index (Phi) is 5.31. The summed E-state index contributed by atoms with van der Waals surface area (Å²) < 4.78 is 56.1. The molecule has 3 aromatic heterocycles. The molecule has 184 valence electrons. The number of aromatic nitrogens is 3. The van der Waals surface area contributed by atoms with Crippen LogP contribution in [0.4, 0.5) is 23.4 Å². The van der Waals surface area contributed by atoms with E-state index in [0.29, 0.717) is 31.4 Å². The number of halogens is 4. The van der Waals surface area contributed by atoms with Gasteiger partial charge in [0.05, 0.1) is 17.7 Å². The van der Waals surface area contributed by atoms with Crippen molar-refractivity contribution >= 4 is 22.8 Å². The maximum Gasteiger partial charge on any atom is 0.257 e. The summed E-state index contributed by atoms with van der Waals surface area (Å²) in [5, 5.41) is 12.3. The van der Waals surface area contributed by atoms with E-state index >= 15 is 0 Å². The van der Waals surface area contributed by atoms with Gasteiger partial charge in [0.1, 0.15) is 17.2 Å². The molecule has 8 nitrogen and oxygen atoms in total. The molecule has 1 aliphatic carbocycles. The normalized spacial score (nSPS) is 20.6. The predicted molar refractivity (Wildman–Crippen MR) is 118 cm³/mol. The maximum atomic E-state index is 14.7. The van der Waals surface area contributed by atoms with Gasteiger partial charge in [0, 0.05) is 43.7 Å². The molecule has 4 heterocycles. The Balaban J connectivity index is 1.65. The molecule has 0 spiro atoms. The van der Waals surface area contributed by atoms with Gasteiger partial charge in [-0.1, -0.05) is 0 Å². The third-order valence-corrected chi connectivity index (χ3v) is 6.30. The second-order valence-electron chi connectivity index (χ2n) is 9.35. The van der Waals surface area contributed by atoms with Gasteiger partial charge >= 0.3 is 0 Å². The number of pyridine rings is 3. The van der Waals surface area contributed by atoms with E-state index in [9.17, 15) is 32.3 Å². The first-order valence-electron chi connectivity index (χ1n) is 11.0. The van der Waals surface area contributed by atoms with Crippen LogP contribution in [0.25, 0.3) is 16.9 Å². The van der Waals surface area contributed by atoms with Gasteiger partial charge < -0.3 is 15.3 Å². The molecule has 1 saturated carbocycles. The SMILES string of the molecule is CC1(NC(=O)c2cn(-c3ncc(F)cc3F)c3nc(N4CCC(O)C4)ccc3c2=O)CC(F)(F)C1. The fourth-order valence-electron chi connectivity index (χ4n) is 4.75. The van der Waals surface area contributed by atoms with Crippen molar-refractivity contribution in [2.75, 3.05) is 18.0 Å². The van der Waals surface area contributed by atoms with Crippen LogP contribution in [0.3, 0.4) is 0 Å². The Morgan fingerprint density at radius 2 is 2.00 bits per heavy atom. The lowest BCUT2D eigenvalue weighted by Crippen LogP contribution is -2.60. The summed E-state index contributed by atoms with van der Waals surface area (Å²) in [6, 6.07) is 3.55. The summed E-state index contributed by atoms with van der Waals surface area (Å²) in [5.74, 6) is -5.79. The first-order chi connectivity index (χ1) is 16.4. The Morgan fingerprint density at radius 1 is 1.26 bits per heavy atom. The van der Waals surface area contributed by atoms with Gasteiger partial charge in [0.25, 0.3) is 11.8 Å². The van der Waals surface area contributed by atoms with Gasteiger partial charge in [-0.05, 0) is 25.5 Å². The van der Waals surface area contributed by atoms with Crippen LogP contribution in [-0.4, -0.2) is 56.2 Å². The van der Waals surface area contributed by atoms with Crippen LogP contribution in [0, 0.1) is 11.6 Å². The molecule has 3 aromatic rings. The van der Waals surface area contributed by atoms with Gasteiger partial charge in [-0.3, -0.25) is 14.2 Å². The number of fused-ring (bicyclic) bond motifs is 1. The van der Waals surface area contributed by atoms with E-state index in [1.807, 2.05) is 0 Å². The van der Waals surface area contributed by atoms with E-state index in [1.165, 1.54) is 19.1 Å². The second-order valence-corrected chi connectivity index (χ2v) is 9.35. The lowest BCUT2D eigenvalue weighted by Gasteiger charge is -2.45. The molecule has 2 fully saturated rings. The maximum absolute atomic E-state index is 14.7. The van der Waals surface area contributed by atoms with Gasteiger partial charge in [0.15, 0.2) is 17.3 Å². The number of alkyl halides is 2. The van der Waals surface area contributed by atoms with Crippen molar-refractivity contribution in [2.24, 2.45) is 0 Å². The number of anilines is 1. The zero-order chi connectivity index (χ0) is 25.1. The number of hydrogen-bond acceptors (Lipinski definition) is 6. The third kappa shape index (κ3) is 4.22. The lowest BCUT2D eigenvalue weighted by atomic mass is 9.75. The minimum absolute atomic E-state index is 0.0372. The van der Waals surface area contributed by atoms with Gasteiger partial charge in [-0.25, -0.2) is 27.5 Å². The molecular weight excluding hydrogens is 470 g/mol. The summed E-state index contributed by atoms with van der Waals surface area (Å²) in [5.41, 5.74) is -2.40. The molecule has 1 saturated heterocycles. The van der Waals surface area contributed by atoms with Crippen molar-refractivity contribution in [2.45, 2.75) is 43.8 Å². The molecule has 2 N–H and O–H groups in total. The number of β-amino-alcohol motifs (C(OH)–C–C–N with tert-alkyl or cyclic N) is 1. The number of rotatable bonds is 4. The van der Waals surface area contributed by atoms with Crippen LogP contribution in [0.1, 0.15) is 36.5 Å². The average molecular weight is 491 g/mol. The zero-order valence-electron chi connectivity index (χ0n) is 18.6. The number of nitrogens with one attached hydrogen (secondary N) is 1. The Bertz CT molecular complexity index is 1400. The highest BCUT2D eigenvalue weighted by molar-refractivity contribution is 5.97. The summed E-state index contributed by atoms with van der Waals surface area (Å²) in [7, 11) is 0. The van der Waals surface area contributed by atoms with Crippen molar-refractivity contribution in [3.05, 3.63) is 58.0 Å².